The van der Waals surface area contributed by atoms with Gasteiger partial charge < -0.3 is 5.32 Å². The van der Waals surface area contributed by atoms with Crippen molar-refractivity contribution in [1.29, 1.82) is 0 Å². The van der Waals surface area contributed by atoms with Crippen LogP contribution in [0.25, 0.3) is 5.65 Å². The maximum Gasteiger partial charge on any atom is 0.270 e. The molecule has 1 amide bonds. The number of carbonyl (C=O) groups excluding carboxylic acids is 1. The molecule has 0 aliphatic heterocycles. The van der Waals surface area contributed by atoms with Gasteiger partial charge in [-0.2, -0.15) is 5.10 Å². The van der Waals surface area contributed by atoms with Gasteiger partial charge in [0.25, 0.3) is 5.91 Å². The highest BCUT2D eigenvalue weighted by Crippen LogP contribution is 2.29. The van der Waals surface area contributed by atoms with E-state index in [1.807, 2.05) is 24.3 Å². The molecule has 4 rings (SSSR count). The molecule has 3 heterocycles. The van der Waals surface area contributed by atoms with Crippen LogP contribution in [0.3, 0.4) is 0 Å². The van der Waals surface area contributed by atoms with Crippen molar-refractivity contribution in [1.82, 2.24) is 24.9 Å². The fourth-order valence-electron chi connectivity index (χ4n) is 3.92. The van der Waals surface area contributed by atoms with Crippen molar-refractivity contribution < 1.29 is 4.79 Å². The number of hydrogen-bond donors (Lipinski definition) is 1. The topological polar surface area (TPSA) is 72.2 Å². The number of hydrogen-bond acceptors (Lipinski definition) is 4. The first-order chi connectivity index (χ1) is 12.8. The Kier molecular flexibility index (Phi) is 4.91. The Labute approximate surface area is 152 Å². The predicted molar refractivity (Wildman–Crippen MR) is 98.8 cm³/mol. The lowest BCUT2D eigenvalue weighted by molar-refractivity contribution is 0.0923. The molecule has 1 aliphatic rings. The largest absolute Gasteiger partial charge is 0.348 e. The van der Waals surface area contributed by atoms with Crippen LogP contribution in [0.2, 0.25) is 0 Å². The third-order valence-electron chi connectivity index (χ3n) is 5.19. The summed E-state index contributed by atoms with van der Waals surface area (Å²) in [5.41, 5.74) is 2.40. The van der Waals surface area contributed by atoms with Crippen LogP contribution in [0, 0.1) is 5.92 Å². The van der Waals surface area contributed by atoms with Gasteiger partial charge in [-0.15, -0.1) is 0 Å². The Hall–Kier alpha value is -2.76. The summed E-state index contributed by atoms with van der Waals surface area (Å²) in [6, 6.07) is 9.62. The van der Waals surface area contributed by atoms with Crippen molar-refractivity contribution >= 4 is 11.6 Å². The maximum atomic E-state index is 12.9. The zero-order chi connectivity index (χ0) is 17.8. The van der Waals surface area contributed by atoms with Crippen molar-refractivity contribution in [3.8, 4) is 0 Å². The summed E-state index contributed by atoms with van der Waals surface area (Å²) in [5, 5.41) is 7.41. The van der Waals surface area contributed by atoms with Gasteiger partial charge in [0.15, 0.2) is 5.65 Å². The highest BCUT2D eigenvalue weighted by Gasteiger charge is 2.23. The molecule has 0 radical (unpaired) electrons. The number of pyridine rings is 2. The third-order valence-corrected chi connectivity index (χ3v) is 5.19. The van der Waals surface area contributed by atoms with Crippen molar-refractivity contribution in [2.24, 2.45) is 5.92 Å². The Morgan fingerprint density at radius 2 is 2.00 bits per heavy atom. The van der Waals surface area contributed by atoms with Gasteiger partial charge >= 0.3 is 0 Å². The van der Waals surface area contributed by atoms with E-state index in [0.717, 1.165) is 12.8 Å². The number of nitrogens with one attached hydrogen (secondary N) is 1. The molecule has 1 unspecified atom stereocenters. The first kappa shape index (κ1) is 16.7. The number of nitrogens with zero attached hydrogens (tertiary/aromatic N) is 4. The van der Waals surface area contributed by atoms with E-state index < -0.39 is 0 Å². The molecule has 134 valence electrons. The number of amides is 1. The van der Waals surface area contributed by atoms with Crippen molar-refractivity contribution in [3.63, 3.8) is 0 Å². The zero-order valence-electron chi connectivity index (χ0n) is 14.7. The molecule has 1 atom stereocenters. The summed E-state index contributed by atoms with van der Waals surface area (Å²) in [4.78, 5) is 21.2. The molecule has 3 aromatic heterocycles. The Morgan fingerprint density at radius 1 is 1.19 bits per heavy atom. The van der Waals surface area contributed by atoms with E-state index in [-0.39, 0.29) is 11.9 Å². The number of aromatic nitrogens is 4. The van der Waals surface area contributed by atoms with E-state index in [1.165, 1.54) is 37.6 Å². The first-order valence-corrected chi connectivity index (χ1v) is 9.28. The maximum absolute atomic E-state index is 12.9. The van der Waals surface area contributed by atoms with Gasteiger partial charge in [-0.1, -0.05) is 31.7 Å². The molecule has 6 nitrogen and oxygen atoms in total. The second-order valence-corrected chi connectivity index (χ2v) is 7.06. The second kappa shape index (κ2) is 7.64. The van der Waals surface area contributed by atoms with Crippen LogP contribution < -0.4 is 5.32 Å². The molecule has 0 bridgehead atoms. The molecule has 6 heteroatoms. The second-order valence-electron chi connectivity index (χ2n) is 7.06. The van der Waals surface area contributed by atoms with Crippen LogP contribution in [0.15, 0.2) is 49.1 Å². The SMILES string of the molecule is O=C(NC(Cc1ccncc1)CC1CCCC1)c1cccc2ncnn12. The smallest absolute Gasteiger partial charge is 0.270 e. The molecule has 1 fully saturated rings. The fraction of sp³-hybridized carbons (Fsp3) is 0.400. The summed E-state index contributed by atoms with van der Waals surface area (Å²) >= 11 is 0. The van der Waals surface area contributed by atoms with Gasteiger partial charge in [0, 0.05) is 18.4 Å². The first-order valence-electron chi connectivity index (χ1n) is 9.28. The standard InChI is InChI=1S/C20H23N5O/c26-20(18-6-3-7-19-22-14-23-25(18)19)24-17(12-15-4-1-2-5-15)13-16-8-10-21-11-9-16/h3,6-11,14-15,17H,1-2,4-5,12-13H2,(H,24,26). The highest BCUT2D eigenvalue weighted by atomic mass is 16.2. The van der Waals surface area contributed by atoms with Crippen LogP contribution in [0.4, 0.5) is 0 Å². The van der Waals surface area contributed by atoms with Gasteiger partial charge in [0.1, 0.15) is 12.0 Å². The Bertz CT molecular complexity index is 870. The molecule has 1 aliphatic carbocycles. The summed E-state index contributed by atoms with van der Waals surface area (Å²) in [6.45, 7) is 0. The molecular formula is C20H23N5O. The molecule has 26 heavy (non-hydrogen) atoms. The van der Waals surface area contributed by atoms with E-state index in [1.54, 1.807) is 23.0 Å². The molecule has 1 N–H and O–H groups in total. The molecule has 0 aromatic carbocycles. The van der Waals surface area contributed by atoms with Crippen molar-refractivity contribution in [3.05, 3.63) is 60.3 Å². The summed E-state index contributed by atoms with van der Waals surface area (Å²) < 4.78 is 1.59. The number of carbonyl (C=O) groups is 1. The van der Waals surface area contributed by atoms with Gasteiger partial charge in [-0.05, 0) is 48.6 Å². The van der Waals surface area contributed by atoms with E-state index in [4.69, 9.17) is 0 Å². The minimum absolute atomic E-state index is 0.0989. The summed E-state index contributed by atoms with van der Waals surface area (Å²) in [6.07, 6.45) is 12.1. The van der Waals surface area contributed by atoms with E-state index in [2.05, 4.69) is 20.4 Å². The minimum atomic E-state index is -0.0989. The summed E-state index contributed by atoms with van der Waals surface area (Å²) in [7, 11) is 0. The lowest BCUT2D eigenvalue weighted by Gasteiger charge is -2.22. The average Bonchev–Trinajstić information content (AvgIpc) is 3.33. The molecule has 0 saturated heterocycles. The average molecular weight is 349 g/mol. The zero-order valence-corrected chi connectivity index (χ0v) is 14.7. The Morgan fingerprint density at radius 3 is 2.81 bits per heavy atom. The van der Waals surface area contributed by atoms with Crippen LogP contribution in [-0.4, -0.2) is 31.5 Å². The predicted octanol–water partition coefficient (Wildman–Crippen LogP) is 3.05. The van der Waals surface area contributed by atoms with Crippen LogP contribution in [-0.2, 0) is 6.42 Å². The van der Waals surface area contributed by atoms with Crippen molar-refractivity contribution in [2.75, 3.05) is 0 Å². The Balaban J connectivity index is 1.53. The third kappa shape index (κ3) is 3.74. The van der Waals surface area contributed by atoms with Gasteiger partial charge in [0.2, 0.25) is 0 Å². The van der Waals surface area contributed by atoms with Gasteiger partial charge in [0.05, 0.1) is 0 Å². The monoisotopic (exact) mass is 349 g/mol. The lowest BCUT2D eigenvalue weighted by atomic mass is 9.94. The van der Waals surface area contributed by atoms with Crippen LogP contribution in [0.1, 0.15) is 48.2 Å². The normalized spacial score (nSPS) is 16.0. The molecule has 3 aromatic rings. The lowest BCUT2D eigenvalue weighted by Crippen LogP contribution is -2.38. The van der Waals surface area contributed by atoms with Gasteiger partial charge in [-0.3, -0.25) is 9.78 Å². The fourth-order valence-corrected chi connectivity index (χ4v) is 3.92. The minimum Gasteiger partial charge on any atom is -0.348 e. The highest BCUT2D eigenvalue weighted by molar-refractivity contribution is 5.93. The van der Waals surface area contributed by atoms with Gasteiger partial charge in [-0.25, -0.2) is 9.50 Å². The van der Waals surface area contributed by atoms with Crippen LogP contribution in [0.5, 0.6) is 0 Å². The quantitative estimate of drug-likeness (QED) is 0.742. The van der Waals surface area contributed by atoms with E-state index in [0.29, 0.717) is 17.3 Å². The van der Waals surface area contributed by atoms with Crippen LogP contribution >= 0.6 is 0 Å². The molecular weight excluding hydrogens is 326 g/mol. The van der Waals surface area contributed by atoms with Crippen molar-refractivity contribution in [2.45, 2.75) is 44.6 Å². The molecule has 1 saturated carbocycles. The number of fused-ring (bicyclic) bond motifs is 1. The summed E-state index contributed by atoms with van der Waals surface area (Å²) in [5.74, 6) is 0.599. The van der Waals surface area contributed by atoms with E-state index >= 15 is 0 Å². The molecule has 0 spiro atoms. The van der Waals surface area contributed by atoms with E-state index in [9.17, 15) is 4.79 Å². The number of rotatable bonds is 6.